The van der Waals surface area contributed by atoms with E-state index >= 15 is 0 Å². The molecule has 1 aromatic carbocycles. The highest BCUT2D eigenvalue weighted by atomic mass is 19.4. The average molecular weight is 349 g/mol. The largest absolute Gasteiger partial charge is 0.492 e. The number of anilines is 1. The van der Waals surface area contributed by atoms with E-state index in [4.69, 9.17) is 0 Å². The first-order chi connectivity index (χ1) is 11.5. The third-order valence-corrected chi connectivity index (χ3v) is 3.56. The smallest absolute Gasteiger partial charge is 0.327 e. The molecule has 0 spiro atoms. The van der Waals surface area contributed by atoms with Crippen LogP contribution >= 0.6 is 0 Å². The Morgan fingerprint density at radius 2 is 1.76 bits per heavy atom. The summed E-state index contributed by atoms with van der Waals surface area (Å²) in [4.78, 5) is 15.6. The Hall–Kier alpha value is -2.75. The van der Waals surface area contributed by atoms with Gasteiger partial charge in [0.05, 0.1) is 18.2 Å². The molecule has 0 aliphatic rings. The van der Waals surface area contributed by atoms with Crippen LogP contribution in [-0.4, -0.2) is 21.8 Å². The van der Waals surface area contributed by atoms with Crippen LogP contribution in [0.2, 0.25) is 0 Å². The molecule has 1 amide bonds. The molecule has 0 fully saturated rings. The first-order valence-corrected chi connectivity index (χ1v) is 7.50. The van der Waals surface area contributed by atoms with E-state index in [2.05, 4.69) is 10.9 Å². The maximum absolute atomic E-state index is 13.4. The summed E-state index contributed by atoms with van der Waals surface area (Å²) in [7, 11) is 1.63. The number of carbonyl (C=O) groups excluding carboxylic acids is 1. The SMILES string of the molecule is Cn1cncc1C#CC(=O)N(c1ccc(C(C)(C)C)cc1)C(F)(F)F. The predicted molar refractivity (Wildman–Crippen MR) is 88.8 cm³/mol. The summed E-state index contributed by atoms with van der Waals surface area (Å²) in [5, 5.41) is 0. The molecule has 0 unspecified atom stereocenters. The van der Waals surface area contributed by atoms with Crippen molar-refractivity contribution in [2.45, 2.75) is 32.5 Å². The molecular formula is C18H18F3N3O. The highest BCUT2D eigenvalue weighted by Crippen LogP contribution is 2.31. The van der Waals surface area contributed by atoms with Crippen LogP contribution in [0.4, 0.5) is 18.9 Å². The molecule has 132 valence electrons. The van der Waals surface area contributed by atoms with Gasteiger partial charge in [-0.25, -0.2) is 9.88 Å². The van der Waals surface area contributed by atoms with Gasteiger partial charge in [0, 0.05) is 13.0 Å². The van der Waals surface area contributed by atoms with Crippen molar-refractivity contribution in [2.75, 3.05) is 4.90 Å². The van der Waals surface area contributed by atoms with Gasteiger partial charge in [-0.1, -0.05) is 32.9 Å². The Kier molecular flexibility index (Phi) is 4.93. The van der Waals surface area contributed by atoms with E-state index in [9.17, 15) is 18.0 Å². The van der Waals surface area contributed by atoms with Gasteiger partial charge in [-0.3, -0.25) is 4.79 Å². The fraction of sp³-hybridized carbons (Fsp3) is 0.333. The molecule has 0 aliphatic carbocycles. The van der Waals surface area contributed by atoms with E-state index < -0.39 is 12.2 Å². The topological polar surface area (TPSA) is 38.1 Å². The van der Waals surface area contributed by atoms with Gasteiger partial charge in [-0.05, 0) is 29.0 Å². The van der Waals surface area contributed by atoms with Crippen molar-refractivity contribution in [1.29, 1.82) is 0 Å². The molecule has 0 bridgehead atoms. The minimum Gasteiger partial charge on any atom is -0.327 e. The van der Waals surface area contributed by atoms with Gasteiger partial charge in [0.25, 0.3) is 0 Å². The van der Waals surface area contributed by atoms with E-state index in [1.165, 1.54) is 29.2 Å². The summed E-state index contributed by atoms with van der Waals surface area (Å²) in [5.41, 5.74) is 0.737. The van der Waals surface area contributed by atoms with Crippen molar-refractivity contribution in [1.82, 2.24) is 9.55 Å². The van der Waals surface area contributed by atoms with Crippen LogP contribution in [0.15, 0.2) is 36.8 Å². The number of nitrogens with zero attached hydrogens (tertiary/aromatic N) is 3. The van der Waals surface area contributed by atoms with E-state index in [1.807, 2.05) is 26.7 Å². The second-order valence-corrected chi connectivity index (χ2v) is 6.55. The molecule has 2 rings (SSSR count). The summed E-state index contributed by atoms with van der Waals surface area (Å²) in [6, 6.07) is 5.71. The molecule has 7 heteroatoms. The number of imidazole rings is 1. The number of aromatic nitrogens is 2. The van der Waals surface area contributed by atoms with Gasteiger partial charge in [-0.15, -0.1) is 13.2 Å². The van der Waals surface area contributed by atoms with E-state index in [-0.39, 0.29) is 16.0 Å². The van der Waals surface area contributed by atoms with Crippen molar-refractivity contribution in [3.8, 4) is 11.8 Å². The number of alkyl halides is 3. The van der Waals surface area contributed by atoms with Crippen LogP contribution in [0.25, 0.3) is 0 Å². The van der Waals surface area contributed by atoms with Gasteiger partial charge in [0.15, 0.2) is 0 Å². The van der Waals surface area contributed by atoms with Crippen molar-refractivity contribution in [3.63, 3.8) is 0 Å². The number of halogens is 3. The number of rotatable bonds is 1. The molecular weight excluding hydrogens is 331 g/mol. The third-order valence-electron chi connectivity index (χ3n) is 3.56. The minimum atomic E-state index is -4.87. The third kappa shape index (κ3) is 4.41. The normalized spacial score (nSPS) is 11.6. The quantitative estimate of drug-likeness (QED) is 0.583. The maximum atomic E-state index is 13.4. The van der Waals surface area contributed by atoms with Gasteiger partial charge >= 0.3 is 12.2 Å². The Labute approximate surface area is 144 Å². The Morgan fingerprint density at radius 1 is 1.16 bits per heavy atom. The number of hydrogen-bond acceptors (Lipinski definition) is 2. The lowest BCUT2D eigenvalue weighted by Gasteiger charge is -2.24. The summed E-state index contributed by atoms with van der Waals surface area (Å²) in [5.74, 6) is 3.09. The van der Waals surface area contributed by atoms with Gasteiger partial charge in [0.2, 0.25) is 0 Å². The lowest BCUT2D eigenvalue weighted by molar-refractivity contribution is -0.146. The molecule has 0 saturated carbocycles. The summed E-state index contributed by atoms with van der Waals surface area (Å²) >= 11 is 0. The zero-order valence-electron chi connectivity index (χ0n) is 14.3. The molecule has 0 atom stereocenters. The first-order valence-electron chi connectivity index (χ1n) is 7.50. The number of aryl methyl sites for hydroxylation is 1. The Morgan fingerprint density at radius 3 is 2.20 bits per heavy atom. The Bertz CT molecular complexity index is 818. The van der Waals surface area contributed by atoms with E-state index in [0.29, 0.717) is 5.69 Å². The number of amides is 1. The zero-order valence-corrected chi connectivity index (χ0v) is 14.3. The molecule has 2 aromatic rings. The summed E-state index contributed by atoms with van der Waals surface area (Å²) in [6.45, 7) is 5.86. The van der Waals surface area contributed by atoms with Crippen LogP contribution in [0.1, 0.15) is 32.0 Å². The Balaban J connectivity index is 2.36. The predicted octanol–water partition coefficient (Wildman–Crippen LogP) is 3.62. The summed E-state index contributed by atoms with van der Waals surface area (Å²) < 4.78 is 41.6. The number of benzene rings is 1. The van der Waals surface area contributed by atoms with Gasteiger partial charge in [0.1, 0.15) is 5.69 Å². The number of hydrogen-bond donors (Lipinski definition) is 0. The highest BCUT2D eigenvalue weighted by molar-refractivity contribution is 6.06. The fourth-order valence-electron chi connectivity index (χ4n) is 2.14. The van der Waals surface area contributed by atoms with Crippen LogP contribution in [0.3, 0.4) is 0 Å². The highest BCUT2D eigenvalue weighted by Gasteiger charge is 2.41. The maximum Gasteiger partial charge on any atom is 0.492 e. The first kappa shape index (κ1) is 18.6. The van der Waals surface area contributed by atoms with Crippen LogP contribution < -0.4 is 4.90 Å². The van der Waals surface area contributed by atoms with Gasteiger partial charge in [-0.2, -0.15) is 0 Å². The lowest BCUT2D eigenvalue weighted by atomic mass is 9.87. The standard InChI is InChI=1S/C18H18F3N3O/c1-17(2,3)13-5-7-14(8-6-13)24(18(19,20)21)16(25)10-9-15-11-22-12-23(15)4/h5-8,11-12H,1-4H3. The molecule has 0 radical (unpaired) electrons. The molecule has 0 aliphatic heterocycles. The molecule has 1 aromatic heterocycles. The van der Waals surface area contributed by atoms with Gasteiger partial charge < -0.3 is 4.57 Å². The van der Waals surface area contributed by atoms with E-state index in [0.717, 1.165) is 5.56 Å². The molecule has 4 nitrogen and oxygen atoms in total. The average Bonchev–Trinajstić information content (AvgIpc) is 2.89. The molecule has 0 N–H and O–H groups in total. The van der Waals surface area contributed by atoms with Crippen LogP contribution in [0, 0.1) is 11.8 Å². The number of carbonyl (C=O) groups is 1. The van der Waals surface area contributed by atoms with E-state index in [1.54, 1.807) is 19.2 Å². The molecule has 0 saturated heterocycles. The molecule has 1 heterocycles. The van der Waals surface area contributed by atoms with Crippen molar-refractivity contribution in [3.05, 3.63) is 48.0 Å². The van der Waals surface area contributed by atoms with Crippen molar-refractivity contribution < 1.29 is 18.0 Å². The van der Waals surface area contributed by atoms with Crippen LogP contribution in [0.5, 0.6) is 0 Å². The lowest BCUT2D eigenvalue weighted by Crippen LogP contribution is -2.42. The van der Waals surface area contributed by atoms with Crippen molar-refractivity contribution >= 4 is 11.6 Å². The zero-order chi connectivity index (χ0) is 18.8. The van der Waals surface area contributed by atoms with Crippen molar-refractivity contribution in [2.24, 2.45) is 7.05 Å². The van der Waals surface area contributed by atoms with Crippen LogP contribution in [-0.2, 0) is 17.3 Å². The minimum absolute atomic E-state index is 0.203. The second-order valence-electron chi connectivity index (χ2n) is 6.55. The fourth-order valence-corrected chi connectivity index (χ4v) is 2.14. The monoisotopic (exact) mass is 349 g/mol. The summed E-state index contributed by atoms with van der Waals surface area (Å²) in [6.07, 6.45) is -2.06. The molecule has 25 heavy (non-hydrogen) atoms. The second kappa shape index (κ2) is 6.63.